The normalized spacial score (nSPS) is 20.1. The van der Waals surface area contributed by atoms with Crippen LogP contribution in [0.4, 0.5) is 18.9 Å². The first-order chi connectivity index (χ1) is 9.26. The van der Waals surface area contributed by atoms with Gasteiger partial charge in [0.15, 0.2) is 0 Å². The Balaban J connectivity index is 2.08. The third-order valence-electron chi connectivity index (χ3n) is 3.05. The topological polar surface area (TPSA) is 58.2 Å². The number of rotatable bonds is 4. The third-order valence-corrected chi connectivity index (χ3v) is 4.43. The Morgan fingerprint density at radius 1 is 1.35 bits per heavy atom. The van der Waals surface area contributed by atoms with Crippen molar-refractivity contribution in [1.82, 2.24) is 5.32 Å². The zero-order valence-corrected chi connectivity index (χ0v) is 11.4. The van der Waals surface area contributed by atoms with Crippen LogP contribution in [0.2, 0.25) is 0 Å². The quantitative estimate of drug-likeness (QED) is 0.896. The highest BCUT2D eigenvalue weighted by atomic mass is 32.2. The van der Waals surface area contributed by atoms with Crippen molar-refractivity contribution in [1.29, 1.82) is 0 Å². The highest BCUT2D eigenvalue weighted by Gasteiger charge is 2.31. The molecule has 8 heteroatoms. The first-order valence-corrected chi connectivity index (χ1v) is 7.83. The zero-order chi connectivity index (χ0) is 14.8. The molecule has 2 rings (SSSR count). The lowest BCUT2D eigenvalue weighted by atomic mass is 10.2. The second-order valence-corrected chi connectivity index (χ2v) is 6.52. The summed E-state index contributed by atoms with van der Waals surface area (Å²) in [6, 6.07) is 4.03. The number of nitrogens with one attached hydrogen (secondary N) is 2. The van der Waals surface area contributed by atoms with E-state index in [1.165, 1.54) is 12.1 Å². The summed E-state index contributed by atoms with van der Waals surface area (Å²) in [5.74, 6) is -0.136. The molecule has 1 saturated heterocycles. The molecule has 0 spiro atoms. The van der Waals surface area contributed by atoms with Crippen LogP contribution < -0.4 is 10.0 Å². The number of halogens is 3. The first-order valence-electron chi connectivity index (χ1n) is 6.17. The fraction of sp³-hybridized carbons (Fsp3) is 0.500. The minimum Gasteiger partial charge on any atom is -0.313 e. The number of benzene rings is 1. The molecule has 1 atom stereocenters. The summed E-state index contributed by atoms with van der Waals surface area (Å²) in [5, 5.41) is 3.03. The fourth-order valence-electron chi connectivity index (χ4n) is 2.14. The summed E-state index contributed by atoms with van der Waals surface area (Å²) >= 11 is 0. The lowest BCUT2D eigenvalue weighted by Gasteiger charge is -2.14. The van der Waals surface area contributed by atoms with Crippen molar-refractivity contribution in [2.45, 2.75) is 25.1 Å². The van der Waals surface area contributed by atoms with Crippen LogP contribution in [0.1, 0.15) is 18.4 Å². The number of alkyl halides is 3. The van der Waals surface area contributed by atoms with E-state index in [9.17, 15) is 21.6 Å². The predicted octanol–water partition coefficient (Wildman–Crippen LogP) is 2.20. The lowest BCUT2D eigenvalue weighted by Crippen LogP contribution is -2.32. The molecular formula is C12H15F3N2O2S. The van der Waals surface area contributed by atoms with Crippen molar-refractivity contribution in [2.24, 2.45) is 0 Å². The van der Waals surface area contributed by atoms with E-state index in [0.717, 1.165) is 31.5 Å². The van der Waals surface area contributed by atoms with Gasteiger partial charge in [-0.1, -0.05) is 6.07 Å². The second kappa shape index (κ2) is 5.61. The van der Waals surface area contributed by atoms with Crippen LogP contribution in [-0.2, 0) is 16.2 Å². The van der Waals surface area contributed by atoms with Gasteiger partial charge in [-0.05, 0) is 37.6 Å². The number of anilines is 1. The van der Waals surface area contributed by atoms with E-state index >= 15 is 0 Å². The standard InChI is InChI=1S/C12H15F3N2O2S/c13-12(14,15)9-3-1-4-10(7-9)17-20(18,19)8-11-5-2-6-16-11/h1,3-4,7,11,16-17H,2,5-6,8H2. The van der Waals surface area contributed by atoms with E-state index in [0.29, 0.717) is 0 Å². The van der Waals surface area contributed by atoms with Gasteiger partial charge in [0.05, 0.1) is 11.3 Å². The van der Waals surface area contributed by atoms with Gasteiger partial charge in [-0.25, -0.2) is 8.42 Å². The summed E-state index contributed by atoms with van der Waals surface area (Å²) in [6.07, 6.45) is -2.83. The van der Waals surface area contributed by atoms with Crippen molar-refractivity contribution in [3.63, 3.8) is 0 Å². The van der Waals surface area contributed by atoms with E-state index in [2.05, 4.69) is 10.0 Å². The molecule has 1 aliphatic rings. The highest BCUT2D eigenvalue weighted by molar-refractivity contribution is 7.92. The van der Waals surface area contributed by atoms with Crippen molar-refractivity contribution < 1.29 is 21.6 Å². The maximum absolute atomic E-state index is 12.5. The summed E-state index contributed by atoms with van der Waals surface area (Å²) in [4.78, 5) is 0. The van der Waals surface area contributed by atoms with Gasteiger partial charge in [0.25, 0.3) is 0 Å². The smallest absolute Gasteiger partial charge is 0.313 e. The Morgan fingerprint density at radius 3 is 2.70 bits per heavy atom. The Labute approximate surface area is 115 Å². The first kappa shape index (κ1) is 15.1. The van der Waals surface area contributed by atoms with Crippen LogP contribution >= 0.6 is 0 Å². The summed E-state index contributed by atoms with van der Waals surface area (Å²) in [7, 11) is -3.66. The van der Waals surface area contributed by atoms with E-state index in [-0.39, 0.29) is 17.5 Å². The lowest BCUT2D eigenvalue weighted by molar-refractivity contribution is -0.137. The molecule has 112 valence electrons. The van der Waals surface area contributed by atoms with Crippen molar-refractivity contribution >= 4 is 15.7 Å². The fourth-order valence-corrected chi connectivity index (χ4v) is 3.53. The Bertz CT molecular complexity index is 566. The Kier molecular flexibility index (Phi) is 4.24. The van der Waals surface area contributed by atoms with E-state index in [1.54, 1.807) is 0 Å². The van der Waals surface area contributed by atoms with Gasteiger partial charge in [-0.3, -0.25) is 4.72 Å². The summed E-state index contributed by atoms with van der Waals surface area (Å²) < 4.78 is 63.6. The van der Waals surface area contributed by atoms with Crippen molar-refractivity contribution in [3.8, 4) is 0 Å². The monoisotopic (exact) mass is 308 g/mol. The van der Waals surface area contributed by atoms with Gasteiger partial charge in [0.1, 0.15) is 0 Å². The van der Waals surface area contributed by atoms with Crippen molar-refractivity contribution in [2.75, 3.05) is 17.0 Å². The van der Waals surface area contributed by atoms with E-state index < -0.39 is 21.8 Å². The number of sulfonamides is 1. The molecule has 0 radical (unpaired) electrons. The maximum Gasteiger partial charge on any atom is 0.416 e. The minimum atomic E-state index is -4.49. The minimum absolute atomic E-state index is 0.0715. The third kappa shape index (κ3) is 4.11. The second-order valence-electron chi connectivity index (χ2n) is 4.76. The predicted molar refractivity (Wildman–Crippen MR) is 69.9 cm³/mol. The zero-order valence-electron chi connectivity index (χ0n) is 10.6. The highest BCUT2D eigenvalue weighted by Crippen LogP contribution is 2.30. The molecule has 0 aliphatic carbocycles. The summed E-state index contributed by atoms with van der Waals surface area (Å²) in [5.41, 5.74) is -0.950. The van der Waals surface area contributed by atoms with E-state index in [4.69, 9.17) is 0 Å². The largest absolute Gasteiger partial charge is 0.416 e. The molecule has 0 aromatic heterocycles. The molecule has 1 heterocycles. The van der Waals surface area contributed by atoms with Gasteiger partial charge in [-0.2, -0.15) is 13.2 Å². The van der Waals surface area contributed by atoms with Gasteiger partial charge in [-0.15, -0.1) is 0 Å². The number of hydrogen-bond donors (Lipinski definition) is 2. The average molecular weight is 308 g/mol. The molecule has 1 fully saturated rings. The molecule has 4 nitrogen and oxygen atoms in total. The van der Waals surface area contributed by atoms with E-state index in [1.807, 2.05) is 0 Å². The Morgan fingerprint density at radius 2 is 2.10 bits per heavy atom. The molecule has 1 aromatic rings. The van der Waals surface area contributed by atoms with Crippen molar-refractivity contribution in [3.05, 3.63) is 29.8 Å². The molecule has 20 heavy (non-hydrogen) atoms. The molecule has 1 aliphatic heterocycles. The van der Waals surface area contributed by atoms with Crippen LogP contribution in [0.25, 0.3) is 0 Å². The van der Waals surface area contributed by atoms with Crippen LogP contribution in [0, 0.1) is 0 Å². The molecule has 1 aromatic carbocycles. The molecule has 2 N–H and O–H groups in total. The van der Waals surface area contributed by atoms with Crippen LogP contribution in [-0.4, -0.2) is 26.8 Å². The Hall–Kier alpha value is -1.28. The average Bonchev–Trinajstić information content (AvgIpc) is 2.79. The number of hydrogen-bond acceptors (Lipinski definition) is 3. The molecule has 1 unspecified atom stereocenters. The van der Waals surface area contributed by atoms with Gasteiger partial charge in [0.2, 0.25) is 10.0 Å². The SMILES string of the molecule is O=S(=O)(CC1CCCN1)Nc1cccc(C(F)(F)F)c1. The molecule has 0 bridgehead atoms. The summed E-state index contributed by atoms with van der Waals surface area (Å²) in [6.45, 7) is 0.768. The maximum atomic E-state index is 12.5. The van der Waals surface area contributed by atoms with Crippen LogP contribution in [0.3, 0.4) is 0 Å². The van der Waals surface area contributed by atoms with Crippen LogP contribution in [0.5, 0.6) is 0 Å². The molecule has 0 saturated carbocycles. The molecular weight excluding hydrogens is 293 g/mol. The molecule has 0 amide bonds. The van der Waals surface area contributed by atoms with Gasteiger partial charge < -0.3 is 5.32 Å². The van der Waals surface area contributed by atoms with Gasteiger partial charge >= 0.3 is 6.18 Å². The van der Waals surface area contributed by atoms with Crippen LogP contribution in [0.15, 0.2) is 24.3 Å². The van der Waals surface area contributed by atoms with Gasteiger partial charge in [0, 0.05) is 11.7 Å².